The molecule has 0 radical (unpaired) electrons. The van der Waals surface area contributed by atoms with E-state index >= 15 is 0 Å². The molecule has 0 bridgehead atoms. The molecule has 5 heteroatoms. The molecule has 0 aliphatic heterocycles. The number of hydrogen-bond donors (Lipinski definition) is 1. The van der Waals surface area contributed by atoms with Gasteiger partial charge in [0, 0.05) is 11.9 Å². The summed E-state index contributed by atoms with van der Waals surface area (Å²) in [5.41, 5.74) is 6.71. The van der Waals surface area contributed by atoms with Crippen LogP contribution < -0.4 is 5.73 Å². The predicted molar refractivity (Wildman–Crippen MR) is 58.6 cm³/mol. The second-order valence-electron chi connectivity index (χ2n) is 3.56. The molecule has 0 fully saturated rings. The van der Waals surface area contributed by atoms with Gasteiger partial charge in [0.15, 0.2) is 5.82 Å². The molecule has 0 unspecified atom stereocenters. The van der Waals surface area contributed by atoms with E-state index in [0.717, 1.165) is 12.1 Å². The Morgan fingerprint density at radius 1 is 1.44 bits per heavy atom. The van der Waals surface area contributed by atoms with E-state index in [4.69, 9.17) is 10.3 Å². The van der Waals surface area contributed by atoms with Gasteiger partial charge in [0.2, 0.25) is 5.89 Å². The molecule has 0 amide bonds. The van der Waals surface area contributed by atoms with Crippen LogP contribution in [0.4, 0.5) is 0 Å². The van der Waals surface area contributed by atoms with Crippen molar-refractivity contribution in [3.8, 4) is 0 Å². The summed E-state index contributed by atoms with van der Waals surface area (Å²) in [7, 11) is 0. The minimum Gasteiger partial charge on any atom is -0.338 e. The second kappa shape index (κ2) is 4.85. The molecule has 0 aliphatic rings. The Labute approximate surface area is 93.7 Å². The molecule has 2 aromatic rings. The summed E-state index contributed by atoms with van der Waals surface area (Å²) in [6.07, 6.45) is 3.10. The van der Waals surface area contributed by atoms with E-state index in [0.29, 0.717) is 18.1 Å². The molecule has 2 heterocycles. The van der Waals surface area contributed by atoms with Gasteiger partial charge in [-0.3, -0.25) is 4.98 Å². The van der Waals surface area contributed by atoms with Crippen molar-refractivity contribution in [1.29, 1.82) is 0 Å². The largest absolute Gasteiger partial charge is 0.338 e. The lowest BCUT2D eigenvalue weighted by Gasteiger charge is -1.99. The summed E-state index contributed by atoms with van der Waals surface area (Å²) in [6.45, 7) is 1.98. The first-order valence-electron chi connectivity index (χ1n) is 5.27. The standard InChI is InChI=1S/C11H14N4O/c1-2-9(12)11-14-10(15-16-11)7-8-5-3-4-6-13-8/h3-6,9H,2,7,12H2,1H3/t9-/m1/s1. The summed E-state index contributed by atoms with van der Waals surface area (Å²) in [5, 5.41) is 3.87. The molecule has 2 rings (SSSR count). The van der Waals surface area contributed by atoms with E-state index < -0.39 is 0 Å². The first kappa shape index (κ1) is 10.8. The Morgan fingerprint density at radius 2 is 2.31 bits per heavy atom. The summed E-state index contributed by atoms with van der Waals surface area (Å²) in [4.78, 5) is 8.43. The van der Waals surface area contributed by atoms with Crippen molar-refractivity contribution in [2.75, 3.05) is 0 Å². The summed E-state index contributed by atoms with van der Waals surface area (Å²) in [5.74, 6) is 1.12. The molecule has 0 aliphatic carbocycles. The Morgan fingerprint density at radius 3 is 3.00 bits per heavy atom. The minimum atomic E-state index is -0.176. The van der Waals surface area contributed by atoms with Crippen molar-refractivity contribution < 1.29 is 4.52 Å². The summed E-state index contributed by atoms with van der Waals surface area (Å²) >= 11 is 0. The maximum Gasteiger partial charge on any atom is 0.243 e. The highest BCUT2D eigenvalue weighted by Gasteiger charge is 2.12. The van der Waals surface area contributed by atoms with E-state index in [1.165, 1.54) is 0 Å². The lowest BCUT2D eigenvalue weighted by atomic mass is 10.2. The van der Waals surface area contributed by atoms with Crippen molar-refractivity contribution in [2.24, 2.45) is 5.73 Å². The zero-order chi connectivity index (χ0) is 11.4. The van der Waals surface area contributed by atoms with Gasteiger partial charge in [-0.1, -0.05) is 18.1 Å². The monoisotopic (exact) mass is 218 g/mol. The second-order valence-corrected chi connectivity index (χ2v) is 3.56. The predicted octanol–water partition coefficient (Wildman–Crippen LogP) is 1.47. The molecule has 1 atom stereocenters. The SMILES string of the molecule is CC[C@@H](N)c1nc(Cc2ccccn2)no1. The molecule has 5 nitrogen and oxygen atoms in total. The Hall–Kier alpha value is -1.75. The van der Waals surface area contributed by atoms with Gasteiger partial charge in [0.05, 0.1) is 12.5 Å². The molecule has 16 heavy (non-hydrogen) atoms. The molecule has 2 aromatic heterocycles. The van der Waals surface area contributed by atoms with Gasteiger partial charge in [-0.15, -0.1) is 0 Å². The van der Waals surface area contributed by atoms with Gasteiger partial charge < -0.3 is 10.3 Å². The molecule has 84 valence electrons. The van der Waals surface area contributed by atoms with Gasteiger partial charge in [-0.2, -0.15) is 4.98 Å². The molecular formula is C11H14N4O. The molecule has 0 saturated carbocycles. The Bertz CT molecular complexity index is 440. The average molecular weight is 218 g/mol. The van der Waals surface area contributed by atoms with Crippen LogP contribution in [0.25, 0.3) is 0 Å². The van der Waals surface area contributed by atoms with Gasteiger partial charge in [0.1, 0.15) is 0 Å². The summed E-state index contributed by atoms with van der Waals surface area (Å²) in [6, 6.07) is 5.56. The zero-order valence-electron chi connectivity index (χ0n) is 9.13. The van der Waals surface area contributed by atoms with Crippen LogP contribution in [-0.4, -0.2) is 15.1 Å². The molecule has 2 N–H and O–H groups in total. The lowest BCUT2D eigenvalue weighted by molar-refractivity contribution is 0.348. The maximum absolute atomic E-state index is 5.79. The van der Waals surface area contributed by atoms with E-state index in [2.05, 4.69) is 15.1 Å². The number of hydrogen-bond acceptors (Lipinski definition) is 5. The van der Waals surface area contributed by atoms with E-state index in [-0.39, 0.29) is 6.04 Å². The quantitative estimate of drug-likeness (QED) is 0.840. The van der Waals surface area contributed by atoms with Gasteiger partial charge in [0.25, 0.3) is 0 Å². The van der Waals surface area contributed by atoms with Crippen LogP contribution in [-0.2, 0) is 6.42 Å². The number of aromatic nitrogens is 3. The fourth-order valence-corrected chi connectivity index (χ4v) is 1.33. The minimum absolute atomic E-state index is 0.176. The smallest absolute Gasteiger partial charge is 0.243 e. The molecule has 0 saturated heterocycles. The van der Waals surface area contributed by atoms with Crippen molar-refractivity contribution in [2.45, 2.75) is 25.8 Å². The van der Waals surface area contributed by atoms with Crippen molar-refractivity contribution in [3.05, 3.63) is 41.8 Å². The first-order valence-corrected chi connectivity index (χ1v) is 5.27. The summed E-state index contributed by atoms with van der Waals surface area (Å²) < 4.78 is 5.08. The van der Waals surface area contributed by atoms with Crippen LogP contribution in [0.5, 0.6) is 0 Å². The highest BCUT2D eigenvalue weighted by Crippen LogP contribution is 2.12. The highest BCUT2D eigenvalue weighted by atomic mass is 16.5. The van der Waals surface area contributed by atoms with Crippen LogP contribution >= 0.6 is 0 Å². The fourth-order valence-electron chi connectivity index (χ4n) is 1.33. The molecule has 0 aromatic carbocycles. The van der Waals surface area contributed by atoms with Crippen molar-refractivity contribution >= 4 is 0 Å². The number of rotatable bonds is 4. The number of pyridine rings is 1. The third-order valence-electron chi connectivity index (χ3n) is 2.31. The van der Waals surface area contributed by atoms with Gasteiger partial charge in [-0.25, -0.2) is 0 Å². The topological polar surface area (TPSA) is 77.8 Å². The molecular weight excluding hydrogens is 204 g/mol. The van der Waals surface area contributed by atoms with E-state index in [1.54, 1.807) is 6.20 Å². The lowest BCUT2D eigenvalue weighted by Crippen LogP contribution is -2.09. The Balaban J connectivity index is 2.09. The first-order chi connectivity index (χ1) is 7.79. The van der Waals surface area contributed by atoms with Crippen LogP contribution in [0.3, 0.4) is 0 Å². The zero-order valence-corrected chi connectivity index (χ0v) is 9.13. The van der Waals surface area contributed by atoms with Crippen LogP contribution in [0.1, 0.15) is 36.8 Å². The average Bonchev–Trinajstić information content (AvgIpc) is 2.78. The Kier molecular flexibility index (Phi) is 3.26. The van der Waals surface area contributed by atoms with Gasteiger partial charge in [-0.05, 0) is 18.6 Å². The fraction of sp³-hybridized carbons (Fsp3) is 0.364. The van der Waals surface area contributed by atoms with Gasteiger partial charge >= 0.3 is 0 Å². The van der Waals surface area contributed by atoms with Crippen molar-refractivity contribution in [3.63, 3.8) is 0 Å². The van der Waals surface area contributed by atoms with Crippen LogP contribution in [0, 0.1) is 0 Å². The van der Waals surface area contributed by atoms with Crippen LogP contribution in [0.2, 0.25) is 0 Å². The third kappa shape index (κ3) is 2.43. The van der Waals surface area contributed by atoms with E-state index in [1.807, 2.05) is 25.1 Å². The van der Waals surface area contributed by atoms with Crippen molar-refractivity contribution in [1.82, 2.24) is 15.1 Å². The molecule has 0 spiro atoms. The number of nitrogens with two attached hydrogens (primary N) is 1. The maximum atomic E-state index is 5.79. The number of nitrogens with zero attached hydrogens (tertiary/aromatic N) is 3. The third-order valence-corrected chi connectivity index (χ3v) is 2.31. The van der Waals surface area contributed by atoms with E-state index in [9.17, 15) is 0 Å². The normalized spacial score (nSPS) is 12.6. The van der Waals surface area contributed by atoms with Crippen LogP contribution in [0.15, 0.2) is 28.9 Å². The highest BCUT2D eigenvalue weighted by molar-refractivity contribution is 5.09.